The van der Waals surface area contributed by atoms with Crippen molar-refractivity contribution in [2.75, 3.05) is 6.54 Å². The average molecular weight is 300 g/mol. The Morgan fingerprint density at radius 1 is 1.24 bits per heavy atom. The van der Waals surface area contributed by atoms with Crippen molar-refractivity contribution in [1.82, 2.24) is 10.6 Å². The van der Waals surface area contributed by atoms with Gasteiger partial charge in [-0.1, -0.05) is 33.6 Å². The molecule has 4 N–H and O–H groups in total. The van der Waals surface area contributed by atoms with Gasteiger partial charge < -0.3 is 20.8 Å². The zero-order chi connectivity index (χ0) is 16.0. The monoisotopic (exact) mass is 300 g/mol. The first-order chi connectivity index (χ1) is 9.69. The van der Waals surface area contributed by atoms with E-state index in [1.54, 1.807) is 0 Å². The first kappa shape index (κ1) is 17.8. The molecule has 0 aromatic rings. The lowest BCUT2D eigenvalue weighted by molar-refractivity contribution is -0.142. The van der Waals surface area contributed by atoms with Crippen LogP contribution in [0.1, 0.15) is 52.9 Å². The van der Waals surface area contributed by atoms with Crippen LogP contribution in [-0.2, 0) is 4.79 Å². The molecule has 1 aliphatic carbocycles. The number of hydrogen-bond acceptors (Lipinski definition) is 3. The van der Waals surface area contributed by atoms with Crippen molar-refractivity contribution in [1.29, 1.82) is 0 Å². The molecule has 2 amide bonds. The molecule has 3 unspecified atom stereocenters. The highest BCUT2D eigenvalue weighted by Crippen LogP contribution is 2.24. The van der Waals surface area contributed by atoms with Gasteiger partial charge in [0.15, 0.2) is 0 Å². The van der Waals surface area contributed by atoms with Gasteiger partial charge in [-0.15, -0.1) is 0 Å². The Morgan fingerprint density at radius 3 is 2.38 bits per heavy atom. The second-order valence-electron chi connectivity index (χ2n) is 7.11. The Balaban J connectivity index is 2.40. The Morgan fingerprint density at radius 2 is 1.86 bits per heavy atom. The number of aliphatic hydroxyl groups is 1. The fourth-order valence-electron chi connectivity index (χ4n) is 2.70. The third-order valence-corrected chi connectivity index (χ3v) is 3.76. The van der Waals surface area contributed by atoms with E-state index < -0.39 is 24.0 Å². The number of rotatable bonds is 5. The standard InChI is InChI=1S/C15H28N2O4/c1-15(2,3)8-10(13(19)20)9-16-14(21)17-11-6-4-5-7-12(11)18/h10-12,18H,4-9H2,1-3H3,(H,19,20)(H2,16,17,21). The molecule has 1 saturated carbocycles. The Kier molecular flexibility index (Phi) is 6.45. The van der Waals surface area contributed by atoms with Crippen LogP contribution in [0.4, 0.5) is 4.79 Å². The van der Waals surface area contributed by atoms with E-state index in [-0.39, 0.29) is 18.0 Å². The van der Waals surface area contributed by atoms with Crippen molar-refractivity contribution in [3.63, 3.8) is 0 Å². The fraction of sp³-hybridized carbons (Fsp3) is 0.867. The molecule has 3 atom stereocenters. The van der Waals surface area contributed by atoms with Gasteiger partial charge in [-0.25, -0.2) is 4.79 Å². The number of aliphatic carboxylic acids is 1. The second-order valence-corrected chi connectivity index (χ2v) is 7.11. The predicted octanol–water partition coefficient (Wildman–Crippen LogP) is 1.73. The van der Waals surface area contributed by atoms with Crippen LogP contribution in [-0.4, -0.2) is 40.9 Å². The number of hydrogen-bond donors (Lipinski definition) is 4. The molecular formula is C15H28N2O4. The quantitative estimate of drug-likeness (QED) is 0.621. The zero-order valence-electron chi connectivity index (χ0n) is 13.2. The molecular weight excluding hydrogens is 272 g/mol. The summed E-state index contributed by atoms with van der Waals surface area (Å²) in [5, 5.41) is 24.3. The number of carboxylic acid groups (broad SMARTS) is 1. The summed E-state index contributed by atoms with van der Waals surface area (Å²) in [5.74, 6) is -1.50. The van der Waals surface area contributed by atoms with E-state index in [4.69, 9.17) is 0 Å². The number of carboxylic acids is 1. The molecule has 122 valence electrons. The molecule has 1 aliphatic rings. The van der Waals surface area contributed by atoms with Crippen LogP contribution < -0.4 is 10.6 Å². The summed E-state index contributed by atoms with van der Waals surface area (Å²) in [6.07, 6.45) is 3.42. The second kappa shape index (κ2) is 7.64. The van der Waals surface area contributed by atoms with Crippen LogP contribution in [0.3, 0.4) is 0 Å². The molecule has 0 saturated heterocycles. The van der Waals surface area contributed by atoms with Crippen molar-refractivity contribution in [2.45, 2.75) is 65.0 Å². The first-order valence-corrected chi connectivity index (χ1v) is 7.64. The summed E-state index contributed by atoms with van der Waals surface area (Å²) in [4.78, 5) is 23.0. The third-order valence-electron chi connectivity index (χ3n) is 3.76. The van der Waals surface area contributed by atoms with Crippen molar-refractivity contribution in [3.8, 4) is 0 Å². The van der Waals surface area contributed by atoms with Gasteiger partial charge in [0.2, 0.25) is 0 Å². The van der Waals surface area contributed by atoms with Crippen LogP contribution in [0, 0.1) is 11.3 Å². The van der Waals surface area contributed by atoms with E-state index in [1.165, 1.54) is 0 Å². The number of urea groups is 1. The maximum Gasteiger partial charge on any atom is 0.315 e. The number of amides is 2. The molecule has 6 heteroatoms. The molecule has 0 bridgehead atoms. The van der Waals surface area contributed by atoms with Gasteiger partial charge in [-0.2, -0.15) is 0 Å². The minimum atomic E-state index is -0.900. The maximum atomic E-state index is 11.8. The third kappa shape index (κ3) is 6.80. The van der Waals surface area contributed by atoms with Gasteiger partial charge in [0, 0.05) is 6.54 Å². The van der Waals surface area contributed by atoms with E-state index in [0.717, 1.165) is 19.3 Å². The SMILES string of the molecule is CC(C)(C)CC(CNC(=O)NC1CCCCC1O)C(=O)O. The van der Waals surface area contributed by atoms with Crippen LogP contribution in [0.15, 0.2) is 0 Å². The van der Waals surface area contributed by atoms with E-state index in [0.29, 0.717) is 12.8 Å². The van der Waals surface area contributed by atoms with Crippen LogP contribution >= 0.6 is 0 Å². The summed E-state index contributed by atoms with van der Waals surface area (Å²) in [6, 6.07) is -0.634. The lowest BCUT2D eigenvalue weighted by Gasteiger charge is -2.29. The predicted molar refractivity (Wildman–Crippen MR) is 80.0 cm³/mol. The van der Waals surface area contributed by atoms with E-state index in [2.05, 4.69) is 10.6 Å². The normalized spacial score (nSPS) is 24.2. The molecule has 1 rings (SSSR count). The van der Waals surface area contributed by atoms with Crippen LogP contribution in [0.25, 0.3) is 0 Å². The van der Waals surface area contributed by atoms with E-state index in [9.17, 15) is 19.8 Å². The lowest BCUT2D eigenvalue weighted by atomic mass is 9.84. The minimum Gasteiger partial charge on any atom is -0.481 e. The van der Waals surface area contributed by atoms with Crippen molar-refractivity contribution in [2.24, 2.45) is 11.3 Å². The maximum absolute atomic E-state index is 11.8. The Bertz CT molecular complexity index is 365. The molecule has 1 fully saturated rings. The van der Waals surface area contributed by atoms with Crippen LogP contribution in [0.5, 0.6) is 0 Å². The molecule has 0 heterocycles. The Hall–Kier alpha value is -1.30. The highest BCUT2D eigenvalue weighted by atomic mass is 16.4. The first-order valence-electron chi connectivity index (χ1n) is 7.64. The van der Waals surface area contributed by atoms with Gasteiger partial charge in [-0.05, 0) is 24.7 Å². The number of aliphatic hydroxyl groups excluding tert-OH is 1. The average Bonchev–Trinajstić information content (AvgIpc) is 2.35. The molecule has 0 aromatic carbocycles. The lowest BCUT2D eigenvalue weighted by Crippen LogP contribution is -2.50. The molecule has 6 nitrogen and oxygen atoms in total. The van der Waals surface area contributed by atoms with Crippen molar-refractivity contribution < 1.29 is 19.8 Å². The van der Waals surface area contributed by atoms with Gasteiger partial charge in [0.05, 0.1) is 18.1 Å². The summed E-state index contributed by atoms with van der Waals surface area (Å²) >= 11 is 0. The smallest absolute Gasteiger partial charge is 0.315 e. The van der Waals surface area contributed by atoms with Gasteiger partial charge in [0.25, 0.3) is 0 Å². The highest BCUT2D eigenvalue weighted by molar-refractivity contribution is 5.76. The number of nitrogens with one attached hydrogen (secondary N) is 2. The number of carbonyl (C=O) groups is 2. The molecule has 0 aliphatic heterocycles. The topological polar surface area (TPSA) is 98.7 Å². The van der Waals surface area contributed by atoms with Gasteiger partial charge in [-0.3, -0.25) is 4.79 Å². The van der Waals surface area contributed by atoms with Crippen LogP contribution in [0.2, 0.25) is 0 Å². The summed E-state index contributed by atoms with van der Waals surface area (Å²) < 4.78 is 0. The minimum absolute atomic E-state index is 0.0985. The van der Waals surface area contributed by atoms with E-state index in [1.807, 2.05) is 20.8 Å². The largest absolute Gasteiger partial charge is 0.481 e. The van der Waals surface area contributed by atoms with Crippen molar-refractivity contribution in [3.05, 3.63) is 0 Å². The van der Waals surface area contributed by atoms with Crippen molar-refractivity contribution >= 4 is 12.0 Å². The zero-order valence-corrected chi connectivity index (χ0v) is 13.2. The summed E-state index contributed by atoms with van der Waals surface area (Å²) in [6.45, 7) is 6.02. The molecule has 0 spiro atoms. The summed E-state index contributed by atoms with van der Waals surface area (Å²) in [7, 11) is 0. The highest BCUT2D eigenvalue weighted by Gasteiger charge is 2.27. The number of carbonyl (C=O) groups excluding carboxylic acids is 1. The van der Waals surface area contributed by atoms with Gasteiger partial charge in [0.1, 0.15) is 0 Å². The van der Waals surface area contributed by atoms with E-state index >= 15 is 0 Å². The fourth-order valence-corrected chi connectivity index (χ4v) is 2.70. The summed E-state index contributed by atoms with van der Waals surface area (Å²) in [5.41, 5.74) is -0.110. The van der Waals surface area contributed by atoms with Gasteiger partial charge >= 0.3 is 12.0 Å². The molecule has 0 radical (unpaired) electrons. The molecule has 21 heavy (non-hydrogen) atoms. The Labute approximate surface area is 126 Å². The molecule has 0 aromatic heterocycles.